The van der Waals surface area contributed by atoms with Crippen LogP contribution in [0.4, 0.5) is 9.93 Å². The lowest BCUT2D eigenvalue weighted by molar-refractivity contribution is 0.148. The maximum atomic E-state index is 11.7. The number of carbonyl (C=O) groups excluding carboxylic acids is 1. The Kier molecular flexibility index (Phi) is 7.60. The number of amides is 2. The maximum Gasteiger partial charge on any atom is 0.321 e. The van der Waals surface area contributed by atoms with Gasteiger partial charge in [-0.05, 0) is 24.7 Å². The van der Waals surface area contributed by atoms with E-state index in [2.05, 4.69) is 27.8 Å². The Hall–Kier alpha value is -1.21. The molecule has 0 atom stereocenters. The van der Waals surface area contributed by atoms with Gasteiger partial charge in [0.2, 0.25) is 5.13 Å². The summed E-state index contributed by atoms with van der Waals surface area (Å²) < 4.78 is 0. The second-order valence-corrected chi connectivity index (χ2v) is 6.97. The number of carbonyl (C=O) groups is 1. The van der Waals surface area contributed by atoms with Crippen LogP contribution in [0.3, 0.4) is 0 Å². The summed E-state index contributed by atoms with van der Waals surface area (Å²) in [5, 5.41) is 24.1. The molecule has 21 heavy (non-hydrogen) atoms. The summed E-state index contributed by atoms with van der Waals surface area (Å²) in [6, 6.07) is -0.255. The zero-order chi connectivity index (χ0) is 15.7. The summed E-state index contributed by atoms with van der Waals surface area (Å²) in [7, 11) is 0. The number of aromatic nitrogens is 2. The minimum absolute atomic E-state index is 0.0917. The molecule has 7 heteroatoms. The molecule has 1 rings (SSSR count). The van der Waals surface area contributed by atoms with Gasteiger partial charge in [-0.15, -0.1) is 10.2 Å². The summed E-state index contributed by atoms with van der Waals surface area (Å²) in [5.41, 5.74) is -0.0917. The van der Waals surface area contributed by atoms with Crippen LogP contribution in [0.1, 0.15) is 51.5 Å². The van der Waals surface area contributed by atoms with Crippen molar-refractivity contribution in [2.75, 3.05) is 18.5 Å². The Morgan fingerprint density at radius 2 is 2.10 bits per heavy atom. The molecule has 0 fully saturated rings. The number of nitrogens with one attached hydrogen (secondary N) is 2. The monoisotopic (exact) mass is 314 g/mol. The fraction of sp³-hybridized carbons (Fsp3) is 0.786. The first kappa shape index (κ1) is 17.8. The van der Waals surface area contributed by atoms with E-state index in [4.69, 9.17) is 5.11 Å². The zero-order valence-corrected chi connectivity index (χ0v) is 13.9. The second kappa shape index (κ2) is 8.94. The SMILES string of the molecule is CCCCc1nnc(NC(=O)NCCCC(C)(C)CO)s1. The molecule has 0 aliphatic carbocycles. The molecule has 3 N–H and O–H groups in total. The van der Waals surface area contributed by atoms with Crippen LogP contribution < -0.4 is 10.6 Å². The van der Waals surface area contributed by atoms with Gasteiger partial charge in [0.25, 0.3) is 0 Å². The lowest BCUT2D eigenvalue weighted by Crippen LogP contribution is -2.30. The van der Waals surface area contributed by atoms with E-state index in [9.17, 15) is 4.79 Å². The third-order valence-electron chi connectivity index (χ3n) is 3.18. The van der Waals surface area contributed by atoms with E-state index in [1.165, 1.54) is 11.3 Å². The van der Waals surface area contributed by atoms with Crippen molar-refractivity contribution in [3.8, 4) is 0 Å². The average molecular weight is 314 g/mol. The number of unbranched alkanes of at least 4 members (excludes halogenated alkanes) is 1. The van der Waals surface area contributed by atoms with Crippen molar-refractivity contribution in [2.24, 2.45) is 5.41 Å². The van der Waals surface area contributed by atoms with Gasteiger partial charge >= 0.3 is 6.03 Å². The summed E-state index contributed by atoms with van der Waals surface area (Å²) >= 11 is 1.42. The predicted octanol–water partition coefficient (Wildman–Crippen LogP) is 2.80. The Balaban J connectivity index is 2.23. The van der Waals surface area contributed by atoms with Crippen LogP contribution in [-0.2, 0) is 6.42 Å². The maximum absolute atomic E-state index is 11.7. The molecule has 0 aliphatic heterocycles. The first-order valence-corrected chi connectivity index (χ1v) is 8.26. The number of aliphatic hydroxyl groups is 1. The average Bonchev–Trinajstić information content (AvgIpc) is 2.89. The van der Waals surface area contributed by atoms with Crippen LogP contribution in [0.5, 0.6) is 0 Å². The molecule has 0 aliphatic rings. The van der Waals surface area contributed by atoms with Crippen molar-refractivity contribution >= 4 is 22.5 Å². The third kappa shape index (κ3) is 7.38. The highest BCUT2D eigenvalue weighted by Crippen LogP contribution is 2.20. The van der Waals surface area contributed by atoms with E-state index in [1.54, 1.807) is 0 Å². The van der Waals surface area contributed by atoms with Gasteiger partial charge < -0.3 is 10.4 Å². The predicted molar refractivity (Wildman–Crippen MR) is 85.6 cm³/mol. The first-order chi connectivity index (χ1) is 9.96. The first-order valence-electron chi connectivity index (χ1n) is 7.45. The van der Waals surface area contributed by atoms with Crippen LogP contribution in [-0.4, -0.2) is 34.5 Å². The molecule has 2 amide bonds. The van der Waals surface area contributed by atoms with Crippen LogP contribution in [0, 0.1) is 5.41 Å². The normalized spacial score (nSPS) is 11.4. The zero-order valence-electron chi connectivity index (χ0n) is 13.1. The van der Waals surface area contributed by atoms with Crippen molar-refractivity contribution in [2.45, 2.75) is 52.9 Å². The van der Waals surface area contributed by atoms with Crippen molar-refractivity contribution in [1.29, 1.82) is 0 Å². The number of rotatable bonds is 9. The van der Waals surface area contributed by atoms with Crippen LogP contribution in [0.15, 0.2) is 0 Å². The number of aliphatic hydroxyl groups excluding tert-OH is 1. The topological polar surface area (TPSA) is 87.1 Å². The molecule has 0 bridgehead atoms. The third-order valence-corrected chi connectivity index (χ3v) is 4.07. The van der Waals surface area contributed by atoms with E-state index < -0.39 is 0 Å². The van der Waals surface area contributed by atoms with Gasteiger partial charge in [0.15, 0.2) is 0 Å². The van der Waals surface area contributed by atoms with Gasteiger partial charge in [0, 0.05) is 19.6 Å². The number of nitrogens with zero attached hydrogens (tertiary/aromatic N) is 2. The smallest absolute Gasteiger partial charge is 0.321 e. The molecule has 0 unspecified atom stereocenters. The number of hydrogen-bond donors (Lipinski definition) is 3. The van der Waals surface area contributed by atoms with Crippen molar-refractivity contribution in [1.82, 2.24) is 15.5 Å². The van der Waals surface area contributed by atoms with Gasteiger partial charge in [-0.1, -0.05) is 38.5 Å². The lowest BCUT2D eigenvalue weighted by Gasteiger charge is -2.21. The molecule has 1 aromatic rings. The van der Waals surface area contributed by atoms with Crippen LogP contribution in [0.2, 0.25) is 0 Å². The van der Waals surface area contributed by atoms with Crippen molar-refractivity contribution < 1.29 is 9.90 Å². The summed E-state index contributed by atoms with van der Waals surface area (Å²) in [6.07, 6.45) is 4.81. The van der Waals surface area contributed by atoms with Crippen LogP contribution in [0.25, 0.3) is 0 Å². The van der Waals surface area contributed by atoms with Crippen LogP contribution >= 0.6 is 11.3 Å². The molecule has 6 nitrogen and oxygen atoms in total. The largest absolute Gasteiger partial charge is 0.396 e. The molecule has 1 aromatic heterocycles. The molecular formula is C14H26N4O2S. The van der Waals surface area contributed by atoms with Gasteiger partial charge in [-0.25, -0.2) is 4.79 Å². The standard InChI is InChI=1S/C14H26N4O2S/c1-4-5-7-11-17-18-13(21-11)16-12(20)15-9-6-8-14(2,3)10-19/h19H,4-10H2,1-3H3,(H2,15,16,18,20). The molecule has 120 valence electrons. The Bertz CT molecular complexity index is 434. The van der Waals surface area contributed by atoms with Gasteiger partial charge in [0.1, 0.15) is 5.01 Å². The molecule has 0 aromatic carbocycles. The van der Waals surface area contributed by atoms with E-state index in [0.29, 0.717) is 11.7 Å². The number of hydrogen-bond acceptors (Lipinski definition) is 5. The quantitative estimate of drug-likeness (QED) is 0.612. The Labute approximate surface area is 130 Å². The Morgan fingerprint density at radius 1 is 1.33 bits per heavy atom. The number of urea groups is 1. The molecular weight excluding hydrogens is 288 g/mol. The van der Waals surface area contributed by atoms with Gasteiger partial charge in [-0.2, -0.15) is 0 Å². The molecule has 0 saturated carbocycles. The molecule has 0 saturated heterocycles. The molecule has 0 radical (unpaired) electrons. The van der Waals surface area contributed by atoms with Gasteiger partial charge in [0.05, 0.1) is 0 Å². The summed E-state index contributed by atoms with van der Waals surface area (Å²) in [5.74, 6) is 0. The lowest BCUT2D eigenvalue weighted by atomic mass is 9.89. The number of anilines is 1. The fourth-order valence-electron chi connectivity index (χ4n) is 1.72. The second-order valence-electron chi connectivity index (χ2n) is 5.91. The minimum atomic E-state index is -0.255. The van der Waals surface area contributed by atoms with E-state index in [-0.39, 0.29) is 18.1 Å². The van der Waals surface area contributed by atoms with E-state index >= 15 is 0 Å². The molecule has 0 spiro atoms. The fourth-order valence-corrected chi connectivity index (χ4v) is 2.50. The highest BCUT2D eigenvalue weighted by molar-refractivity contribution is 7.15. The van der Waals surface area contributed by atoms with E-state index in [0.717, 1.165) is 37.1 Å². The van der Waals surface area contributed by atoms with E-state index in [1.807, 2.05) is 13.8 Å². The summed E-state index contributed by atoms with van der Waals surface area (Å²) in [6.45, 7) is 6.88. The van der Waals surface area contributed by atoms with Crippen molar-refractivity contribution in [3.63, 3.8) is 0 Å². The Morgan fingerprint density at radius 3 is 2.76 bits per heavy atom. The molecule has 1 heterocycles. The highest BCUT2D eigenvalue weighted by atomic mass is 32.1. The highest BCUT2D eigenvalue weighted by Gasteiger charge is 2.15. The van der Waals surface area contributed by atoms with Gasteiger partial charge in [-0.3, -0.25) is 5.32 Å². The summed E-state index contributed by atoms with van der Waals surface area (Å²) in [4.78, 5) is 11.7. The minimum Gasteiger partial charge on any atom is -0.396 e. The van der Waals surface area contributed by atoms with Crippen molar-refractivity contribution in [3.05, 3.63) is 5.01 Å². The number of aryl methyl sites for hydroxylation is 1.